The molecule has 1 aliphatic heterocycles. The highest BCUT2D eigenvalue weighted by Crippen LogP contribution is 2.35. The first-order valence-corrected chi connectivity index (χ1v) is 13.8. The van der Waals surface area contributed by atoms with E-state index in [-0.39, 0.29) is 11.8 Å². The van der Waals surface area contributed by atoms with E-state index in [1.807, 2.05) is 38.1 Å². The van der Waals surface area contributed by atoms with Crippen LogP contribution in [0, 0.1) is 11.8 Å². The first-order chi connectivity index (χ1) is 17.7. The summed E-state index contributed by atoms with van der Waals surface area (Å²) in [5.74, 6) is 1.46. The van der Waals surface area contributed by atoms with Gasteiger partial charge < -0.3 is 20.8 Å². The number of aliphatic hydroxyl groups is 2. The number of carbonyl (C=O) groups excluding carboxylic acids is 1. The summed E-state index contributed by atoms with van der Waals surface area (Å²) in [6.07, 6.45) is 4.21. The van der Waals surface area contributed by atoms with Crippen molar-refractivity contribution in [3.63, 3.8) is 0 Å². The number of carbonyl (C=O) groups is 1. The maximum atomic E-state index is 12.7. The summed E-state index contributed by atoms with van der Waals surface area (Å²) in [5.41, 5.74) is 1.06. The molecule has 2 aliphatic rings. The standard InChI is InChI=1S/C27H36N6O3S/c1-16-4-6-17(7-5-16)23(34)30-19-8-9-21-18(14-19)15-22(37-21)20-10-11-28-25(31-20)29-12-13-33-26(36)32-24(35)27(33,2)3/h8-11,14-17,24,26,32,35-36H,4-7,12-13H2,1-3H3,(H,30,34)(H,28,29,31). The highest BCUT2D eigenvalue weighted by Gasteiger charge is 2.45. The molecule has 1 aliphatic carbocycles. The molecule has 3 heterocycles. The van der Waals surface area contributed by atoms with Crippen LogP contribution >= 0.6 is 11.3 Å². The number of hydrogen-bond acceptors (Lipinski definition) is 9. The van der Waals surface area contributed by atoms with E-state index in [4.69, 9.17) is 0 Å². The Labute approximate surface area is 221 Å². The highest BCUT2D eigenvalue weighted by molar-refractivity contribution is 7.22. The van der Waals surface area contributed by atoms with E-state index >= 15 is 0 Å². The Bertz CT molecular complexity index is 1260. The third kappa shape index (κ3) is 5.63. The average molecular weight is 525 g/mol. The fourth-order valence-corrected chi connectivity index (χ4v) is 6.21. The number of nitrogens with zero attached hydrogens (tertiary/aromatic N) is 3. The molecule has 37 heavy (non-hydrogen) atoms. The van der Waals surface area contributed by atoms with E-state index in [0.717, 1.165) is 57.9 Å². The van der Waals surface area contributed by atoms with Gasteiger partial charge in [-0.1, -0.05) is 6.92 Å². The van der Waals surface area contributed by atoms with Crippen molar-refractivity contribution in [3.8, 4) is 10.6 Å². The van der Waals surface area contributed by atoms with E-state index in [1.54, 1.807) is 22.4 Å². The summed E-state index contributed by atoms with van der Waals surface area (Å²) in [5, 5.41) is 30.4. The van der Waals surface area contributed by atoms with Gasteiger partial charge in [0, 0.05) is 35.6 Å². The Hall–Kier alpha value is -2.63. The Kier molecular flexibility index (Phi) is 7.46. The maximum absolute atomic E-state index is 12.7. The third-order valence-corrected chi connectivity index (χ3v) is 8.86. The zero-order valence-corrected chi connectivity index (χ0v) is 22.4. The summed E-state index contributed by atoms with van der Waals surface area (Å²) < 4.78 is 1.13. The van der Waals surface area contributed by atoms with Crippen LogP contribution in [-0.2, 0) is 4.79 Å². The normalized spacial score (nSPS) is 25.9. The molecule has 198 valence electrons. The average Bonchev–Trinajstić information content (AvgIpc) is 3.38. The second kappa shape index (κ2) is 10.6. The van der Waals surface area contributed by atoms with Crippen LogP contribution in [0.5, 0.6) is 0 Å². The van der Waals surface area contributed by atoms with Gasteiger partial charge in [0.15, 0.2) is 6.35 Å². The van der Waals surface area contributed by atoms with Gasteiger partial charge in [-0.2, -0.15) is 0 Å². The Morgan fingerprint density at radius 2 is 1.97 bits per heavy atom. The molecule has 0 spiro atoms. The van der Waals surface area contributed by atoms with Gasteiger partial charge in [0.1, 0.15) is 6.23 Å². The summed E-state index contributed by atoms with van der Waals surface area (Å²) in [4.78, 5) is 24.6. The summed E-state index contributed by atoms with van der Waals surface area (Å²) >= 11 is 1.65. The fourth-order valence-electron chi connectivity index (χ4n) is 5.20. The number of nitrogens with one attached hydrogen (secondary N) is 3. The predicted octanol–water partition coefficient (Wildman–Crippen LogP) is 3.81. The lowest BCUT2D eigenvalue weighted by Gasteiger charge is -2.33. The minimum absolute atomic E-state index is 0.109. The van der Waals surface area contributed by atoms with Crippen molar-refractivity contribution in [1.82, 2.24) is 20.2 Å². The molecule has 2 unspecified atom stereocenters. The molecule has 0 bridgehead atoms. The Balaban J connectivity index is 1.23. The van der Waals surface area contributed by atoms with Crippen molar-refractivity contribution in [2.45, 2.75) is 64.6 Å². The minimum atomic E-state index is -0.904. The zero-order valence-electron chi connectivity index (χ0n) is 21.6. The molecule has 10 heteroatoms. The van der Waals surface area contributed by atoms with Crippen LogP contribution in [0.1, 0.15) is 46.5 Å². The van der Waals surface area contributed by atoms with Crippen LogP contribution in [-0.4, -0.2) is 62.2 Å². The number of aromatic nitrogens is 2. The number of anilines is 2. The smallest absolute Gasteiger partial charge is 0.227 e. The van der Waals surface area contributed by atoms with E-state index < -0.39 is 18.1 Å². The van der Waals surface area contributed by atoms with Gasteiger partial charge in [-0.05, 0) is 81.2 Å². The molecule has 1 amide bonds. The van der Waals surface area contributed by atoms with Crippen molar-refractivity contribution in [2.75, 3.05) is 23.7 Å². The second-order valence-electron chi connectivity index (χ2n) is 10.8. The molecule has 0 radical (unpaired) electrons. The Morgan fingerprint density at radius 1 is 1.19 bits per heavy atom. The zero-order chi connectivity index (χ0) is 26.2. The molecule has 2 atom stereocenters. The molecule has 3 aromatic rings. The number of rotatable bonds is 7. The van der Waals surface area contributed by atoms with Crippen LogP contribution in [0.3, 0.4) is 0 Å². The van der Waals surface area contributed by atoms with Crippen LogP contribution in [0.25, 0.3) is 20.7 Å². The number of thiophene rings is 1. The first-order valence-electron chi connectivity index (χ1n) is 13.0. The second-order valence-corrected chi connectivity index (χ2v) is 11.9. The minimum Gasteiger partial charge on any atom is -0.377 e. The molecule has 2 aromatic heterocycles. The highest BCUT2D eigenvalue weighted by atomic mass is 32.1. The lowest BCUT2D eigenvalue weighted by molar-refractivity contribution is -0.121. The fraction of sp³-hybridized carbons (Fsp3) is 0.519. The van der Waals surface area contributed by atoms with Gasteiger partial charge in [0.05, 0.1) is 16.1 Å². The van der Waals surface area contributed by atoms with Crippen molar-refractivity contribution < 1.29 is 15.0 Å². The van der Waals surface area contributed by atoms with Crippen LogP contribution in [0.4, 0.5) is 11.6 Å². The number of hydrogen-bond donors (Lipinski definition) is 5. The van der Waals surface area contributed by atoms with Crippen molar-refractivity contribution in [3.05, 3.63) is 36.5 Å². The number of fused-ring (bicyclic) bond motifs is 1. The lowest BCUT2D eigenvalue weighted by atomic mass is 9.82. The lowest BCUT2D eigenvalue weighted by Crippen LogP contribution is -2.49. The molecule has 5 N–H and O–H groups in total. The number of aliphatic hydroxyl groups excluding tert-OH is 2. The van der Waals surface area contributed by atoms with E-state index in [0.29, 0.717) is 19.0 Å². The first kappa shape index (κ1) is 26.0. The van der Waals surface area contributed by atoms with E-state index in [9.17, 15) is 15.0 Å². The molecular formula is C27H36N6O3S. The topological polar surface area (TPSA) is 123 Å². The van der Waals surface area contributed by atoms with E-state index in [1.165, 1.54) is 0 Å². The third-order valence-electron chi connectivity index (χ3n) is 7.73. The van der Waals surface area contributed by atoms with Crippen molar-refractivity contribution in [1.29, 1.82) is 0 Å². The van der Waals surface area contributed by atoms with Gasteiger partial charge in [-0.15, -0.1) is 11.3 Å². The summed E-state index contributed by atoms with van der Waals surface area (Å²) in [7, 11) is 0. The Morgan fingerprint density at radius 3 is 2.70 bits per heavy atom. The molecule has 2 fully saturated rings. The van der Waals surface area contributed by atoms with Crippen molar-refractivity contribution in [2.24, 2.45) is 11.8 Å². The largest absolute Gasteiger partial charge is 0.377 e. The van der Waals surface area contributed by atoms with Gasteiger partial charge in [-0.25, -0.2) is 9.97 Å². The molecule has 1 saturated carbocycles. The van der Waals surface area contributed by atoms with Gasteiger partial charge >= 0.3 is 0 Å². The number of benzene rings is 1. The maximum Gasteiger partial charge on any atom is 0.227 e. The van der Waals surface area contributed by atoms with Crippen LogP contribution in [0.15, 0.2) is 36.5 Å². The SMILES string of the molecule is CC1CCC(C(=O)Nc2ccc3sc(-c4ccnc(NCCN5C(O)NC(O)C5(C)C)n4)cc3c2)CC1. The molecule has 9 nitrogen and oxygen atoms in total. The van der Waals surface area contributed by atoms with Gasteiger partial charge in [-0.3, -0.25) is 15.0 Å². The predicted molar refractivity (Wildman–Crippen MR) is 147 cm³/mol. The molecule has 5 rings (SSSR count). The summed E-state index contributed by atoms with van der Waals surface area (Å²) in [6.45, 7) is 7.04. The van der Waals surface area contributed by atoms with Crippen LogP contribution in [0.2, 0.25) is 0 Å². The van der Waals surface area contributed by atoms with Crippen LogP contribution < -0.4 is 16.0 Å². The monoisotopic (exact) mass is 524 g/mol. The van der Waals surface area contributed by atoms with Crippen molar-refractivity contribution >= 4 is 39.0 Å². The molecular weight excluding hydrogens is 488 g/mol. The molecule has 1 saturated heterocycles. The quantitative estimate of drug-likeness (QED) is 0.316. The number of amides is 1. The summed E-state index contributed by atoms with van der Waals surface area (Å²) in [6, 6.07) is 10.0. The van der Waals surface area contributed by atoms with E-state index in [2.05, 4.69) is 38.9 Å². The van der Waals surface area contributed by atoms with Gasteiger partial charge in [0.25, 0.3) is 0 Å². The molecule has 1 aromatic carbocycles. The van der Waals surface area contributed by atoms with Gasteiger partial charge in [0.2, 0.25) is 11.9 Å².